The minimum Gasteiger partial charge on any atom is -0.338 e. The average Bonchev–Trinajstić information content (AvgIpc) is 2.46. The summed E-state index contributed by atoms with van der Waals surface area (Å²) in [6.45, 7) is 5.74. The minimum absolute atomic E-state index is 0.254. The number of nitrogens with one attached hydrogen (secondary N) is 2. The third-order valence-electron chi connectivity index (χ3n) is 3.66. The number of urea groups is 1. The second-order valence-electron chi connectivity index (χ2n) is 5.01. The third-order valence-corrected chi connectivity index (χ3v) is 3.66. The van der Waals surface area contributed by atoms with E-state index in [4.69, 9.17) is 0 Å². The molecule has 108 valence electrons. The van der Waals surface area contributed by atoms with Crippen molar-refractivity contribution in [2.45, 2.75) is 32.9 Å². The molecule has 2 rings (SSSR count). The fourth-order valence-electron chi connectivity index (χ4n) is 2.44. The fraction of sp³-hybridized carbons (Fsp3) is 0.467. The van der Waals surface area contributed by atoms with Crippen LogP contribution < -0.4 is 10.6 Å². The molecule has 0 spiro atoms. The van der Waals surface area contributed by atoms with Crippen LogP contribution in [0.15, 0.2) is 24.3 Å². The zero-order valence-corrected chi connectivity index (χ0v) is 12.0. The minimum atomic E-state index is -0.429. The summed E-state index contributed by atoms with van der Waals surface area (Å²) in [6.07, 6.45) is 0.939. The largest absolute Gasteiger partial charge is 0.338 e. The molecule has 5 nitrogen and oxygen atoms in total. The quantitative estimate of drug-likeness (QED) is 0.873. The van der Waals surface area contributed by atoms with Crippen LogP contribution in [-0.4, -0.2) is 36.0 Å². The van der Waals surface area contributed by atoms with Crippen LogP contribution in [0.2, 0.25) is 0 Å². The van der Waals surface area contributed by atoms with Crippen LogP contribution in [0, 0.1) is 0 Å². The van der Waals surface area contributed by atoms with Crippen molar-refractivity contribution < 1.29 is 9.59 Å². The Labute approximate surface area is 119 Å². The molecule has 2 N–H and O–H groups in total. The molecule has 1 heterocycles. The Balaban J connectivity index is 1.95. The number of hydrogen-bond acceptors (Lipinski definition) is 3. The van der Waals surface area contributed by atoms with Gasteiger partial charge in [0, 0.05) is 19.6 Å². The highest BCUT2D eigenvalue weighted by Gasteiger charge is 2.25. The summed E-state index contributed by atoms with van der Waals surface area (Å²) in [5.41, 5.74) is 2.61. The average molecular weight is 275 g/mol. The molecule has 0 fully saturated rings. The van der Waals surface area contributed by atoms with E-state index < -0.39 is 6.03 Å². The Morgan fingerprint density at radius 1 is 1.30 bits per heavy atom. The number of hydrogen-bond donors (Lipinski definition) is 2. The van der Waals surface area contributed by atoms with Gasteiger partial charge in [-0.25, -0.2) is 4.79 Å². The summed E-state index contributed by atoms with van der Waals surface area (Å²) in [7, 11) is 0. The van der Waals surface area contributed by atoms with Crippen LogP contribution in [0.5, 0.6) is 0 Å². The van der Waals surface area contributed by atoms with E-state index in [2.05, 4.69) is 27.7 Å². The van der Waals surface area contributed by atoms with Crippen LogP contribution in [0.3, 0.4) is 0 Å². The first-order valence-corrected chi connectivity index (χ1v) is 7.01. The van der Waals surface area contributed by atoms with E-state index in [9.17, 15) is 9.59 Å². The summed E-state index contributed by atoms with van der Waals surface area (Å²) < 4.78 is 0. The van der Waals surface area contributed by atoms with Gasteiger partial charge in [0.15, 0.2) is 0 Å². The van der Waals surface area contributed by atoms with Crippen molar-refractivity contribution in [1.82, 2.24) is 15.5 Å². The van der Waals surface area contributed by atoms with Crippen molar-refractivity contribution in [3.05, 3.63) is 35.4 Å². The van der Waals surface area contributed by atoms with Gasteiger partial charge in [0.2, 0.25) is 5.91 Å². The maximum Gasteiger partial charge on any atom is 0.321 e. The van der Waals surface area contributed by atoms with Gasteiger partial charge in [0.25, 0.3) is 0 Å². The highest BCUT2D eigenvalue weighted by atomic mass is 16.2. The Kier molecular flexibility index (Phi) is 4.74. The summed E-state index contributed by atoms with van der Waals surface area (Å²) in [4.78, 5) is 25.5. The molecule has 1 aromatic rings. The molecule has 1 atom stereocenters. The predicted molar refractivity (Wildman–Crippen MR) is 77.2 cm³/mol. The van der Waals surface area contributed by atoms with E-state index in [-0.39, 0.29) is 11.9 Å². The molecular weight excluding hydrogens is 254 g/mol. The van der Waals surface area contributed by atoms with Crippen molar-refractivity contribution in [3.63, 3.8) is 0 Å². The zero-order valence-electron chi connectivity index (χ0n) is 12.0. The summed E-state index contributed by atoms with van der Waals surface area (Å²) >= 11 is 0. The molecule has 1 aromatic carbocycles. The lowest BCUT2D eigenvalue weighted by Crippen LogP contribution is -2.50. The first-order chi connectivity index (χ1) is 9.61. The second kappa shape index (κ2) is 6.52. The Morgan fingerprint density at radius 3 is 2.70 bits per heavy atom. The van der Waals surface area contributed by atoms with Gasteiger partial charge in [-0.15, -0.1) is 0 Å². The zero-order chi connectivity index (χ0) is 14.5. The third kappa shape index (κ3) is 3.36. The van der Waals surface area contributed by atoms with Gasteiger partial charge in [-0.05, 0) is 31.4 Å². The SMILES string of the molecule is CCNC(=O)NC(=O)C(C)N1CCc2ccccc2C1. The molecule has 0 bridgehead atoms. The molecule has 20 heavy (non-hydrogen) atoms. The molecule has 0 aromatic heterocycles. The summed E-state index contributed by atoms with van der Waals surface area (Å²) in [5.74, 6) is -0.254. The van der Waals surface area contributed by atoms with Crippen LogP contribution in [-0.2, 0) is 17.8 Å². The Hall–Kier alpha value is -1.88. The van der Waals surface area contributed by atoms with E-state index in [0.29, 0.717) is 6.54 Å². The van der Waals surface area contributed by atoms with E-state index in [1.54, 1.807) is 0 Å². The number of fused-ring (bicyclic) bond motifs is 1. The van der Waals surface area contributed by atoms with Crippen LogP contribution in [0.4, 0.5) is 4.79 Å². The first-order valence-electron chi connectivity index (χ1n) is 7.01. The lowest BCUT2D eigenvalue weighted by molar-refractivity contribution is -0.125. The Bertz CT molecular complexity index is 502. The highest BCUT2D eigenvalue weighted by Crippen LogP contribution is 2.20. The topological polar surface area (TPSA) is 61.4 Å². The van der Waals surface area contributed by atoms with Crippen molar-refractivity contribution in [3.8, 4) is 0 Å². The van der Waals surface area contributed by atoms with Gasteiger partial charge >= 0.3 is 6.03 Å². The molecule has 0 saturated carbocycles. The maximum atomic E-state index is 12.0. The normalized spacial score (nSPS) is 16.1. The summed E-state index contributed by atoms with van der Waals surface area (Å²) in [5, 5.41) is 4.93. The molecule has 0 radical (unpaired) electrons. The van der Waals surface area contributed by atoms with Crippen molar-refractivity contribution >= 4 is 11.9 Å². The Morgan fingerprint density at radius 2 is 2.00 bits per heavy atom. The van der Waals surface area contributed by atoms with Crippen LogP contribution >= 0.6 is 0 Å². The lowest BCUT2D eigenvalue weighted by atomic mass is 9.99. The van der Waals surface area contributed by atoms with Gasteiger partial charge < -0.3 is 5.32 Å². The van der Waals surface area contributed by atoms with E-state index >= 15 is 0 Å². The number of carbonyl (C=O) groups is 2. The predicted octanol–water partition coefficient (Wildman–Crippen LogP) is 1.28. The number of rotatable bonds is 3. The van der Waals surface area contributed by atoms with Gasteiger partial charge in [0.1, 0.15) is 0 Å². The van der Waals surface area contributed by atoms with Crippen molar-refractivity contribution in [2.75, 3.05) is 13.1 Å². The standard InChI is InChI=1S/C15H21N3O2/c1-3-16-15(20)17-14(19)11(2)18-9-8-12-6-4-5-7-13(12)10-18/h4-7,11H,3,8-10H2,1-2H3,(H2,16,17,19,20). The molecule has 1 aliphatic heterocycles. The molecule has 3 amide bonds. The molecular formula is C15H21N3O2. The van der Waals surface area contributed by atoms with Gasteiger partial charge in [-0.2, -0.15) is 0 Å². The molecule has 5 heteroatoms. The molecule has 1 unspecified atom stereocenters. The van der Waals surface area contributed by atoms with E-state index in [0.717, 1.165) is 19.5 Å². The monoisotopic (exact) mass is 275 g/mol. The smallest absolute Gasteiger partial charge is 0.321 e. The van der Waals surface area contributed by atoms with Gasteiger partial charge in [0.05, 0.1) is 6.04 Å². The number of nitrogens with zero attached hydrogens (tertiary/aromatic N) is 1. The van der Waals surface area contributed by atoms with Crippen LogP contribution in [0.25, 0.3) is 0 Å². The first kappa shape index (κ1) is 14.5. The van der Waals surface area contributed by atoms with E-state index in [1.807, 2.05) is 26.0 Å². The van der Waals surface area contributed by atoms with Crippen molar-refractivity contribution in [2.24, 2.45) is 0 Å². The van der Waals surface area contributed by atoms with Gasteiger partial charge in [-0.1, -0.05) is 24.3 Å². The fourth-order valence-corrected chi connectivity index (χ4v) is 2.44. The highest BCUT2D eigenvalue weighted by molar-refractivity contribution is 5.96. The number of imide groups is 1. The maximum absolute atomic E-state index is 12.0. The number of benzene rings is 1. The van der Waals surface area contributed by atoms with Crippen molar-refractivity contribution in [1.29, 1.82) is 0 Å². The number of amides is 3. The molecule has 1 aliphatic rings. The van der Waals surface area contributed by atoms with E-state index in [1.165, 1.54) is 11.1 Å². The number of carbonyl (C=O) groups excluding carboxylic acids is 2. The molecule has 0 aliphatic carbocycles. The second-order valence-corrected chi connectivity index (χ2v) is 5.01. The van der Waals surface area contributed by atoms with Crippen LogP contribution in [0.1, 0.15) is 25.0 Å². The summed E-state index contributed by atoms with van der Waals surface area (Å²) in [6, 6.07) is 7.54. The molecule has 0 saturated heterocycles. The lowest BCUT2D eigenvalue weighted by Gasteiger charge is -2.32. The van der Waals surface area contributed by atoms with Gasteiger partial charge in [-0.3, -0.25) is 15.0 Å².